The first kappa shape index (κ1) is 22.8. The molecular weight excluding hydrogens is 446 g/mol. The number of anilines is 1. The number of rotatable bonds is 4. The van der Waals surface area contributed by atoms with Crippen molar-refractivity contribution in [3.8, 4) is 0 Å². The van der Waals surface area contributed by atoms with E-state index >= 15 is 0 Å². The van der Waals surface area contributed by atoms with Crippen LogP contribution in [0.15, 0.2) is 72.9 Å². The normalized spacial score (nSPS) is 21.2. The number of para-hydroxylation sites is 2. The van der Waals surface area contributed by atoms with E-state index in [4.69, 9.17) is 4.98 Å². The highest BCUT2D eigenvalue weighted by Crippen LogP contribution is 2.29. The van der Waals surface area contributed by atoms with E-state index in [1.165, 1.54) is 16.5 Å². The Kier molecular flexibility index (Phi) is 5.97. The summed E-state index contributed by atoms with van der Waals surface area (Å²) in [4.78, 5) is 28.3. The largest absolute Gasteiger partial charge is 0.361 e. The van der Waals surface area contributed by atoms with E-state index < -0.39 is 0 Å². The maximum Gasteiger partial charge on any atom is 0.237 e. The summed E-state index contributed by atoms with van der Waals surface area (Å²) in [6.07, 6.45) is 5.22. The number of benzene rings is 2. The molecule has 0 spiro atoms. The number of aromatic nitrogens is 2. The predicted molar refractivity (Wildman–Crippen MR) is 147 cm³/mol. The molecule has 4 aromatic rings. The first-order valence-corrected chi connectivity index (χ1v) is 13.0. The van der Waals surface area contributed by atoms with Crippen molar-refractivity contribution in [1.82, 2.24) is 19.8 Å². The fraction of sp³-hybridized carbons (Fsp3) is 0.333. The number of carbonyl (C=O) groups is 1. The van der Waals surface area contributed by atoms with Crippen LogP contribution in [-0.4, -0.2) is 70.5 Å². The summed E-state index contributed by atoms with van der Waals surface area (Å²) in [6, 6.07) is 21.5. The lowest BCUT2D eigenvalue weighted by Gasteiger charge is -2.45. The van der Waals surface area contributed by atoms with Gasteiger partial charge < -0.3 is 14.8 Å². The molecule has 2 aromatic heterocycles. The van der Waals surface area contributed by atoms with Crippen molar-refractivity contribution in [2.75, 3.05) is 37.6 Å². The van der Waals surface area contributed by atoms with Crippen molar-refractivity contribution in [2.45, 2.75) is 32.4 Å². The number of nitrogens with zero attached hydrogens (tertiary/aromatic N) is 4. The summed E-state index contributed by atoms with van der Waals surface area (Å²) in [5, 5.41) is 2.42. The van der Waals surface area contributed by atoms with E-state index in [9.17, 15) is 4.79 Å². The van der Waals surface area contributed by atoms with E-state index in [0.717, 1.165) is 48.3 Å². The van der Waals surface area contributed by atoms with Gasteiger partial charge in [0.25, 0.3) is 0 Å². The summed E-state index contributed by atoms with van der Waals surface area (Å²) in [6.45, 7) is 8.11. The second-order valence-electron chi connectivity index (χ2n) is 10.2. The number of aromatic amines is 1. The molecule has 184 valence electrons. The van der Waals surface area contributed by atoms with Crippen LogP contribution in [0.5, 0.6) is 0 Å². The number of amides is 1. The maximum absolute atomic E-state index is 13.3. The minimum Gasteiger partial charge on any atom is -0.361 e. The Bertz CT molecular complexity index is 1430. The highest BCUT2D eigenvalue weighted by molar-refractivity contribution is 5.93. The van der Waals surface area contributed by atoms with Crippen LogP contribution >= 0.6 is 0 Å². The van der Waals surface area contributed by atoms with Gasteiger partial charge in [-0.3, -0.25) is 9.69 Å². The smallest absolute Gasteiger partial charge is 0.237 e. The number of piperazine rings is 1. The summed E-state index contributed by atoms with van der Waals surface area (Å²) in [7, 11) is 0. The van der Waals surface area contributed by atoms with Crippen molar-refractivity contribution >= 4 is 39.1 Å². The van der Waals surface area contributed by atoms with E-state index in [1.54, 1.807) is 0 Å². The quantitative estimate of drug-likeness (QED) is 0.451. The lowest BCUT2D eigenvalue weighted by atomic mass is 9.99. The minimum absolute atomic E-state index is 0.222. The van der Waals surface area contributed by atoms with Gasteiger partial charge in [0, 0.05) is 66.3 Å². The predicted octanol–water partition coefficient (Wildman–Crippen LogP) is 4.93. The lowest BCUT2D eigenvalue weighted by Crippen LogP contribution is -2.59. The van der Waals surface area contributed by atoms with Gasteiger partial charge in [0.15, 0.2) is 0 Å². The van der Waals surface area contributed by atoms with Crippen LogP contribution in [0.4, 0.5) is 5.82 Å². The molecular formula is C30H33N5O. The average molecular weight is 480 g/mol. The lowest BCUT2D eigenvalue weighted by molar-refractivity contribution is -0.133. The zero-order valence-corrected chi connectivity index (χ0v) is 21.0. The minimum atomic E-state index is 0.222. The third-order valence-electron chi connectivity index (χ3n) is 7.82. The van der Waals surface area contributed by atoms with E-state index in [0.29, 0.717) is 13.1 Å². The summed E-state index contributed by atoms with van der Waals surface area (Å²) >= 11 is 0. The number of pyridine rings is 1. The third kappa shape index (κ3) is 4.26. The Labute approximate surface area is 212 Å². The zero-order valence-electron chi connectivity index (χ0n) is 21.0. The van der Waals surface area contributed by atoms with Crippen molar-refractivity contribution < 1.29 is 4.79 Å². The molecule has 6 heteroatoms. The highest BCUT2D eigenvalue weighted by atomic mass is 16.2. The molecule has 2 aliphatic rings. The van der Waals surface area contributed by atoms with Crippen LogP contribution in [0.2, 0.25) is 0 Å². The Balaban J connectivity index is 1.10. The Morgan fingerprint density at radius 3 is 2.58 bits per heavy atom. The summed E-state index contributed by atoms with van der Waals surface area (Å²) < 4.78 is 0. The molecule has 36 heavy (non-hydrogen) atoms. The third-order valence-corrected chi connectivity index (χ3v) is 7.82. The van der Waals surface area contributed by atoms with Crippen LogP contribution in [-0.2, 0) is 4.79 Å². The van der Waals surface area contributed by atoms with Crippen LogP contribution in [0.25, 0.3) is 27.4 Å². The standard InChI is InChI=1S/C30H33N5O/c1-21-18-34(29-12-11-24-7-3-5-9-27(24)32-29)19-22(2)35(21)20-30(36)33-15-13-23(14-16-33)26-17-31-28-10-6-4-8-25(26)28/h3-13,17,21-22,31H,14-16,18-20H2,1-2H3. The zero-order chi connectivity index (χ0) is 24.6. The van der Waals surface area contributed by atoms with Gasteiger partial charge in [0.2, 0.25) is 5.91 Å². The Morgan fingerprint density at radius 2 is 1.78 bits per heavy atom. The van der Waals surface area contributed by atoms with Gasteiger partial charge >= 0.3 is 0 Å². The summed E-state index contributed by atoms with van der Waals surface area (Å²) in [5.41, 5.74) is 4.78. The molecule has 2 aliphatic heterocycles. The van der Waals surface area contributed by atoms with Gasteiger partial charge in [0.05, 0.1) is 12.1 Å². The molecule has 1 amide bonds. The van der Waals surface area contributed by atoms with Crippen molar-refractivity contribution in [3.05, 3.63) is 78.5 Å². The monoisotopic (exact) mass is 479 g/mol. The molecule has 6 rings (SSSR count). The number of hydrogen-bond donors (Lipinski definition) is 1. The fourth-order valence-electron chi connectivity index (χ4n) is 5.82. The molecule has 2 atom stereocenters. The van der Waals surface area contributed by atoms with Crippen LogP contribution in [0, 0.1) is 0 Å². The van der Waals surface area contributed by atoms with E-state index in [-0.39, 0.29) is 18.0 Å². The SMILES string of the molecule is CC1CN(c2ccc3ccccc3n2)CC(C)N1CC(=O)N1CC=C(c2c[nH]c3ccccc23)CC1. The van der Waals surface area contributed by atoms with Crippen molar-refractivity contribution in [1.29, 1.82) is 0 Å². The van der Waals surface area contributed by atoms with Gasteiger partial charge in [-0.2, -0.15) is 0 Å². The molecule has 1 saturated heterocycles. The van der Waals surface area contributed by atoms with Gasteiger partial charge in [-0.15, -0.1) is 0 Å². The van der Waals surface area contributed by atoms with Crippen LogP contribution in [0.1, 0.15) is 25.8 Å². The van der Waals surface area contributed by atoms with E-state index in [1.807, 2.05) is 17.0 Å². The molecule has 0 bridgehead atoms. The van der Waals surface area contributed by atoms with Crippen LogP contribution < -0.4 is 4.90 Å². The van der Waals surface area contributed by atoms with Gasteiger partial charge in [-0.05, 0) is 50.1 Å². The van der Waals surface area contributed by atoms with Crippen molar-refractivity contribution in [2.24, 2.45) is 0 Å². The maximum atomic E-state index is 13.3. The molecule has 4 heterocycles. The first-order valence-electron chi connectivity index (χ1n) is 13.0. The second kappa shape index (κ2) is 9.43. The Morgan fingerprint density at radius 1 is 1.00 bits per heavy atom. The second-order valence-corrected chi connectivity index (χ2v) is 10.2. The molecule has 2 aromatic carbocycles. The Hall–Kier alpha value is -3.64. The number of carbonyl (C=O) groups excluding carboxylic acids is 1. The van der Waals surface area contributed by atoms with Crippen LogP contribution in [0.3, 0.4) is 0 Å². The molecule has 1 fully saturated rings. The molecule has 0 aliphatic carbocycles. The van der Waals surface area contributed by atoms with Gasteiger partial charge in [-0.1, -0.05) is 42.5 Å². The van der Waals surface area contributed by atoms with E-state index in [2.05, 4.69) is 89.4 Å². The fourth-order valence-corrected chi connectivity index (χ4v) is 5.82. The number of fused-ring (bicyclic) bond motifs is 2. The summed E-state index contributed by atoms with van der Waals surface area (Å²) in [5.74, 6) is 1.24. The highest BCUT2D eigenvalue weighted by Gasteiger charge is 2.32. The molecule has 2 unspecified atom stereocenters. The topological polar surface area (TPSA) is 55.5 Å². The van der Waals surface area contributed by atoms with Gasteiger partial charge in [-0.25, -0.2) is 4.98 Å². The number of H-pyrrole nitrogens is 1. The number of nitrogens with one attached hydrogen (secondary N) is 1. The number of hydrogen-bond acceptors (Lipinski definition) is 4. The van der Waals surface area contributed by atoms with Gasteiger partial charge in [0.1, 0.15) is 5.82 Å². The molecule has 6 nitrogen and oxygen atoms in total. The average Bonchev–Trinajstić information content (AvgIpc) is 3.34. The first-order chi connectivity index (χ1) is 17.6. The molecule has 1 N–H and O–H groups in total. The molecule has 0 saturated carbocycles. The van der Waals surface area contributed by atoms with Crippen molar-refractivity contribution in [3.63, 3.8) is 0 Å². The molecule has 0 radical (unpaired) electrons.